The summed E-state index contributed by atoms with van der Waals surface area (Å²) in [4.78, 5) is 17.2. The van der Waals surface area contributed by atoms with E-state index in [-0.39, 0.29) is 18.1 Å². The lowest BCUT2D eigenvalue weighted by atomic mass is 10.1. The van der Waals surface area contributed by atoms with Crippen molar-refractivity contribution >= 4 is 5.91 Å². The third kappa shape index (κ3) is 3.50. The van der Waals surface area contributed by atoms with E-state index in [4.69, 9.17) is 9.15 Å². The molecule has 6 heteroatoms. The first-order chi connectivity index (χ1) is 11.8. The number of fused-ring (bicyclic) bond motifs is 1. The summed E-state index contributed by atoms with van der Waals surface area (Å²) in [5.41, 5.74) is 1.19. The van der Waals surface area contributed by atoms with Crippen LogP contribution in [-0.2, 0) is 16.1 Å². The van der Waals surface area contributed by atoms with Crippen LogP contribution in [0.4, 0.5) is 0 Å². The van der Waals surface area contributed by atoms with Gasteiger partial charge < -0.3 is 19.4 Å². The largest absolute Gasteiger partial charge is 0.472 e. The summed E-state index contributed by atoms with van der Waals surface area (Å²) < 4.78 is 11.2. The molecule has 0 aliphatic carbocycles. The van der Waals surface area contributed by atoms with Crippen molar-refractivity contribution in [3.8, 4) is 0 Å². The van der Waals surface area contributed by atoms with Crippen molar-refractivity contribution in [2.24, 2.45) is 0 Å². The van der Waals surface area contributed by atoms with Gasteiger partial charge in [-0.25, -0.2) is 0 Å². The van der Waals surface area contributed by atoms with Gasteiger partial charge in [-0.3, -0.25) is 9.69 Å². The molecule has 0 spiro atoms. The third-order valence-corrected chi connectivity index (χ3v) is 5.58. The molecule has 1 amide bonds. The molecule has 1 N–H and O–H groups in total. The Balaban J connectivity index is 1.24. The number of carbonyl (C=O) groups is 1. The number of ether oxygens (including phenoxy) is 1. The molecule has 132 valence electrons. The molecule has 0 unspecified atom stereocenters. The van der Waals surface area contributed by atoms with Gasteiger partial charge in [0.15, 0.2) is 0 Å². The molecule has 1 aromatic rings. The number of rotatable bonds is 6. The zero-order valence-corrected chi connectivity index (χ0v) is 14.2. The Morgan fingerprint density at radius 3 is 2.96 bits per heavy atom. The Bertz CT molecular complexity index is 542. The zero-order chi connectivity index (χ0) is 16.4. The average Bonchev–Trinajstić information content (AvgIpc) is 3.34. The van der Waals surface area contributed by atoms with Gasteiger partial charge in [-0.2, -0.15) is 0 Å². The van der Waals surface area contributed by atoms with E-state index in [9.17, 15) is 4.79 Å². The molecule has 4 rings (SSSR count). The summed E-state index contributed by atoms with van der Waals surface area (Å²) in [7, 11) is 0. The minimum atomic E-state index is -0.286. The molecule has 24 heavy (non-hydrogen) atoms. The SMILES string of the molecule is O=C(NCCN1CCCC1)[C@@H]1C[C@@H]2[C@@H](CCN2Cc2ccoc2)O1. The summed E-state index contributed by atoms with van der Waals surface area (Å²) in [6.45, 7) is 5.94. The maximum absolute atomic E-state index is 12.4. The Labute approximate surface area is 143 Å². The predicted molar refractivity (Wildman–Crippen MR) is 89.5 cm³/mol. The summed E-state index contributed by atoms with van der Waals surface area (Å²) in [5, 5.41) is 3.06. The Kier molecular flexibility index (Phi) is 4.87. The lowest BCUT2D eigenvalue weighted by molar-refractivity contribution is -0.132. The van der Waals surface area contributed by atoms with Crippen LogP contribution < -0.4 is 5.32 Å². The van der Waals surface area contributed by atoms with Crippen molar-refractivity contribution < 1.29 is 13.9 Å². The van der Waals surface area contributed by atoms with Gasteiger partial charge in [0, 0.05) is 44.2 Å². The van der Waals surface area contributed by atoms with Crippen molar-refractivity contribution in [3.63, 3.8) is 0 Å². The lowest BCUT2D eigenvalue weighted by Gasteiger charge is -2.21. The fourth-order valence-electron chi connectivity index (χ4n) is 4.27. The van der Waals surface area contributed by atoms with E-state index in [0.29, 0.717) is 6.04 Å². The second-order valence-corrected chi connectivity index (χ2v) is 7.20. The summed E-state index contributed by atoms with van der Waals surface area (Å²) in [6, 6.07) is 2.36. The number of likely N-dealkylation sites (tertiary alicyclic amines) is 2. The van der Waals surface area contributed by atoms with Crippen LogP contribution in [0.3, 0.4) is 0 Å². The fourth-order valence-corrected chi connectivity index (χ4v) is 4.27. The van der Waals surface area contributed by atoms with E-state index < -0.39 is 0 Å². The van der Waals surface area contributed by atoms with Crippen molar-refractivity contribution in [2.45, 2.75) is 50.5 Å². The molecule has 3 fully saturated rings. The van der Waals surface area contributed by atoms with Crippen molar-refractivity contribution in [3.05, 3.63) is 24.2 Å². The van der Waals surface area contributed by atoms with Crippen molar-refractivity contribution in [1.29, 1.82) is 0 Å². The molecular weight excluding hydrogens is 306 g/mol. The normalized spacial score (nSPS) is 30.8. The number of nitrogens with one attached hydrogen (secondary N) is 1. The van der Waals surface area contributed by atoms with E-state index in [1.165, 1.54) is 31.5 Å². The smallest absolute Gasteiger partial charge is 0.249 e. The molecule has 3 aliphatic rings. The monoisotopic (exact) mass is 333 g/mol. The Morgan fingerprint density at radius 2 is 2.17 bits per heavy atom. The summed E-state index contributed by atoms with van der Waals surface area (Å²) in [5.74, 6) is 0.0619. The first-order valence-electron chi connectivity index (χ1n) is 9.20. The minimum Gasteiger partial charge on any atom is -0.472 e. The molecule has 0 bridgehead atoms. The van der Waals surface area contributed by atoms with E-state index in [2.05, 4.69) is 15.1 Å². The summed E-state index contributed by atoms with van der Waals surface area (Å²) >= 11 is 0. The topological polar surface area (TPSA) is 58.0 Å². The van der Waals surface area contributed by atoms with Crippen LogP contribution in [0.25, 0.3) is 0 Å². The van der Waals surface area contributed by atoms with Gasteiger partial charge in [0.1, 0.15) is 6.10 Å². The Morgan fingerprint density at radius 1 is 1.29 bits per heavy atom. The van der Waals surface area contributed by atoms with Crippen LogP contribution in [0.1, 0.15) is 31.2 Å². The molecule has 0 saturated carbocycles. The van der Waals surface area contributed by atoms with Crippen LogP contribution >= 0.6 is 0 Å². The number of hydrogen-bond donors (Lipinski definition) is 1. The molecule has 0 aromatic carbocycles. The first kappa shape index (κ1) is 16.1. The molecule has 6 nitrogen and oxygen atoms in total. The highest BCUT2D eigenvalue weighted by Gasteiger charge is 2.45. The van der Waals surface area contributed by atoms with Crippen LogP contribution in [0.5, 0.6) is 0 Å². The van der Waals surface area contributed by atoms with Crippen LogP contribution in [0, 0.1) is 0 Å². The van der Waals surface area contributed by atoms with Gasteiger partial charge in [0.05, 0.1) is 18.6 Å². The lowest BCUT2D eigenvalue weighted by Crippen LogP contribution is -2.40. The Hall–Kier alpha value is -1.37. The molecular formula is C18H27N3O3. The van der Waals surface area contributed by atoms with Crippen molar-refractivity contribution in [1.82, 2.24) is 15.1 Å². The van der Waals surface area contributed by atoms with Gasteiger partial charge in [-0.05, 0) is 38.4 Å². The van der Waals surface area contributed by atoms with Gasteiger partial charge in [-0.15, -0.1) is 0 Å². The highest BCUT2D eigenvalue weighted by Crippen LogP contribution is 2.33. The number of hydrogen-bond acceptors (Lipinski definition) is 5. The number of nitrogens with zero attached hydrogens (tertiary/aromatic N) is 2. The van der Waals surface area contributed by atoms with E-state index in [1.54, 1.807) is 12.5 Å². The van der Waals surface area contributed by atoms with Gasteiger partial charge >= 0.3 is 0 Å². The highest BCUT2D eigenvalue weighted by atomic mass is 16.5. The molecule has 3 atom stereocenters. The maximum atomic E-state index is 12.4. The molecule has 4 heterocycles. The van der Waals surface area contributed by atoms with E-state index in [0.717, 1.165) is 39.0 Å². The second kappa shape index (κ2) is 7.25. The van der Waals surface area contributed by atoms with E-state index >= 15 is 0 Å². The maximum Gasteiger partial charge on any atom is 0.249 e. The fraction of sp³-hybridized carbons (Fsp3) is 0.722. The highest BCUT2D eigenvalue weighted by molar-refractivity contribution is 5.81. The van der Waals surface area contributed by atoms with Gasteiger partial charge in [0.2, 0.25) is 5.91 Å². The number of furan rings is 1. The quantitative estimate of drug-likeness (QED) is 0.848. The average molecular weight is 333 g/mol. The third-order valence-electron chi connectivity index (χ3n) is 5.58. The summed E-state index contributed by atoms with van der Waals surface area (Å²) in [6.07, 6.45) is 7.82. The first-order valence-corrected chi connectivity index (χ1v) is 9.20. The second-order valence-electron chi connectivity index (χ2n) is 7.20. The molecule has 1 aromatic heterocycles. The van der Waals surface area contributed by atoms with Crippen LogP contribution in [-0.4, -0.2) is 66.7 Å². The van der Waals surface area contributed by atoms with Crippen LogP contribution in [0.15, 0.2) is 23.0 Å². The molecule has 3 aliphatic heterocycles. The van der Waals surface area contributed by atoms with Crippen molar-refractivity contribution in [2.75, 3.05) is 32.7 Å². The molecule has 0 radical (unpaired) electrons. The standard InChI is InChI=1S/C18H27N3O3/c22-18(19-5-9-20-6-1-2-7-20)17-11-15-16(24-17)3-8-21(15)12-14-4-10-23-13-14/h4,10,13,15-17H,1-3,5-9,11-12H2,(H,19,22)/t15-,16-,17+/m1/s1. The minimum absolute atomic E-state index is 0.0619. The van der Waals surface area contributed by atoms with E-state index in [1.807, 2.05) is 6.07 Å². The number of amides is 1. The van der Waals surface area contributed by atoms with Gasteiger partial charge in [-0.1, -0.05) is 0 Å². The number of carbonyl (C=O) groups excluding carboxylic acids is 1. The van der Waals surface area contributed by atoms with Crippen LogP contribution in [0.2, 0.25) is 0 Å². The predicted octanol–water partition coefficient (Wildman–Crippen LogP) is 1.22. The van der Waals surface area contributed by atoms with Gasteiger partial charge in [0.25, 0.3) is 0 Å². The molecule has 3 saturated heterocycles. The zero-order valence-electron chi connectivity index (χ0n) is 14.2.